The first-order valence-electron chi connectivity index (χ1n) is 2.72. The lowest BCUT2D eigenvalue weighted by Crippen LogP contribution is -1.98. The molecule has 0 aromatic rings. The van der Waals surface area contributed by atoms with E-state index in [0.29, 0.717) is 19.1 Å². The van der Waals surface area contributed by atoms with Crippen LogP contribution in [0, 0.1) is 0 Å². The van der Waals surface area contributed by atoms with Crippen molar-refractivity contribution >= 4 is 6.47 Å². The molecule has 0 amide bonds. The molecular formula is C5H9NO2. The maximum Gasteiger partial charge on any atom is 0.293 e. The van der Waals surface area contributed by atoms with Gasteiger partial charge in [-0.05, 0) is 6.42 Å². The SMILES string of the molecule is O=COCCC1CN1. The molecule has 1 atom stereocenters. The summed E-state index contributed by atoms with van der Waals surface area (Å²) in [6, 6.07) is 0.620. The third kappa shape index (κ3) is 1.93. The van der Waals surface area contributed by atoms with E-state index in [2.05, 4.69) is 10.1 Å². The van der Waals surface area contributed by atoms with E-state index in [1.807, 2.05) is 0 Å². The Morgan fingerprint density at radius 1 is 1.88 bits per heavy atom. The maximum atomic E-state index is 9.56. The van der Waals surface area contributed by atoms with Crippen LogP contribution in [-0.4, -0.2) is 25.7 Å². The normalized spacial score (nSPS) is 24.8. The van der Waals surface area contributed by atoms with Crippen LogP contribution < -0.4 is 5.32 Å². The molecule has 46 valence electrons. The summed E-state index contributed by atoms with van der Waals surface area (Å²) in [5, 5.41) is 3.10. The Labute approximate surface area is 48.0 Å². The maximum absolute atomic E-state index is 9.56. The molecular weight excluding hydrogens is 106 g/mol. The van der Waals surface area contributed by atoms with E-state index in [0.717, 1.165) is 13.0 Å². The van der Waals surface area contributed by atoms with Crippen molar-refractivity contribution in [2.24, 2.45) is 0 Å². The van der Waals surface area contributed by atoms with Crippen molar-refractivity contribution in [3.05, 3.63) is 0 Å². The molecule has 1 saturated heterocycles. The van der Waals surface area contributed by atoms with Gasteiger partial charge in [0.2, 0.25) is 0 Å². The van der Waals surface area contributed by atoms with Gasteiger partial charge in [-0.25, -0.2) is 0 Å². The van der Waals surface area contributed by atoms with Gasteiger partial charge in [-0.1, -0.05) is 0 Å². The molecule has 0 radical (unpaired) electrons. The van der Waals surface area contributed by atoms with Gasteiger partial charge in [-0.15, -0.1) is 0 Å². The number of carbonyl (C=O) groups excluding carboxylic acids is 1. The summed E-state index contributed by atoms with van der Waals surface area (Å²) in [4.78, 5) is 9.56. The van der Waals surface area contributed by atoms with E-state index in [1.54, 1.807) is 0 Å². The van der Waals surface area contributed by atoms with Crippen LogP contribution in [0.1, 0.15) is 6.42 Å². The Morgan fingerprint density at radius 2 is 2.62 bits per heavy atom. The summed E-state index contributed by atoms with van der Waals surface area (Å²) >= 11 is 0. The molecule has 1 heterocycles. The fraction of sp³-hybridized carbons (Fsp3) is 0.800. The number of carbonyl (C=O) groups is 1. The zero-order valence-corrected chi connectivity index (χ0v) is 4.59. The van der Waals surface area contributed by atoms with Gasteiger partial charge in [-0.2, -0.15) is 0 Å². The van der Waals surface area contributed by atoms with Crippen LogP contribution in [0.2, 0.25) is 0 Å². The molecule has 1 unspecified atom stereocenters. The molecule has 3 nitrogen and oxygen atoms in total. The molecule has 0 aromatic carbocycles. The number of nitrogens with one attached hydrogen (secondary N) is 1. The van der Waals surface area contributed by atoms with Crippen molar-refractivity contribution in [2.75, 3.05) is 13.2 Å². The number of rotatable bonds is 4. The van der Waals surface area contributed by atoms with Gasteiger partial charge in [0.05, 0.1) is 6.61 Å². The second-order valence-corrected chi connectivity index (χ2v) is 1.86. The first kappa shape index (κ1) is 5.56. The molecule has 0 saturated carbocycles. The Balaban J connectivity index is 1.80. The van der Waals surface area contributed by atoms with E-state index in [4.69, 9.17) is 0 Å². The molecule has 1 rings (SSSR count). The molecule has 0 aromatic heterocycles. The molecule has 1 aliphatic heterocycles. The summed E-state index contributed by atoms with van der Waals surface area (Å²) < 4.78 is 4.46. The lowest BCUT2D eigenvalue weighted by molar-refractivity contribution is -0.128. The Hall–Kier alpha value is -0.570. The van der Waals surface area contributed by atoms with Gasteiger partial charge in [0.25, 0.3) is 6.47 Å². The van der Waals surface area contributed by atoms with Gasteiger partial charge in [0.1, 0.15) is 0 Å². The third-order valence-electron chi connectivity index (χ3n) is 1.15. The van der Waals surface area contributed by atoms with Crippen molar-refractivity contribution in [1.82, 2.24) is 5.32 Å². The van der Waals surface area contributed by atoms with Gasteiger partial charge in [0.15, 0.2) is 0 Å². The summed E-state index contributed by atoms with van der Waals surface area (Å²) in [7, 11) is 0. The summed E-state index contributed by atoms with van der Waals surface area (Å²) in [5.41, 5.74) is 0. The van der Waals surface area contributed by atoms with Crippen LogP contribution in [0.4, 0.5) is 0 Å². The minimum absolute atomic E-state index is 0.488. The fourth-order valence-corrected chi connectivity index (χ4v) is 0.546. The van der Waals surface area contributed by atoms with Gasteiger partial charge < -0.3 is 10.1 Å². The number of hydrogen-bond donors (Lipinski definition) is 1. The highest BCUT2D eigenvalue weighted by Crippen LogP contribution is 2.00. The third-order valence-corrected chi connectivity index (χ3v) is 1.15. The van der Waals surface area contributed by atoms with Gasteiger partial charge >= 0.3 is 0 Å². The molecule has 1 aliphatic rings. The summed E-state index contributed by atoms with van der Waals surface area (Å²) in [6.45, 7) is 2.13. The van der Waals surface area contributed by atoms with Crippen LogP contribution in [0.15, 0.2) is 0 Å². The predicted octanol–water partition coefficient (Wildman–Crippen LogP) is -0.479. The van der Waals surface area contributed by atoms with Crippen LogP contribution in [0.25, 0.3) is 0 Å². The Bertz CT molecular complexity index is 80.5. The van der Waals surface area contributed by atoms with Crippen molar-refractivity contribution < 1.29 is 9.53 Å². The average molecular weight is 115 g/mol. The van der Waals surface area contributed by atoms with Crippen LogP contribution in [0.3, 0.4) is 0 Å². The van der Waals surface area contributed by atoms with E-state index < -0.39 is 0 Å². The lowest BCUT2D eigenvalue weighted by atomic mass is 10.3. The molecule has 0 spiro atoms. The lowest BCUT2D eigenvalue weighted by Gasteiger charge is -1.91. The zero-order chi connectivity index (χ0) is 5.82. The molecule has 1 N–H and O–H groups in total. The topological polar surface area (TPSA) is 48.2 Å². The number of hydrogen-bond acceptors (Lipinski definition) is 3. The van der Waals surface area contributed by atoms with Crippen LogP contribution >= 0.6 is 0 Å². The average Bonchev–Trinajstić information content (AvgIpc) is 2.51. The Morgan fingerprint density at radius 3 is 3.12 bits per heavy atom. The smallest absolute Gasteiger partial charge is 0.293 e. The molecule has 8 heavy (non-hydrogen) atoms. The zero-order valence-electron chi connectivity index (χ0n) is 4.59. The largest absolute Gasteiger partial charge is 0.468 e. The van der Waals surface area contributed by atoms with Crippen molar-refractivity contribution in [1.29, 1.82) is 0 Å². The van der Waals surface area contributed by atoms with Gasteiger partial charge in [-0.3, -0.25) is 4.79 Å². The molecule has 3 heteroatoms. The molecule has 1 fully saturated rings. The minimum Gasteiger partial charge on any atom is -0.468 e. The molecule has 0 bridgehead atoms. The van der Waals surface area contributed by atoms with E-state index in [-0.39, 0.29) is 0 Å². The quantitative estimate of drug-likeness (QED) is 0.306. The van der Waals surface area contributed by atoms with E-state index in [9.17, 15) is 4.79 Å². The summed E-state index contributed by atoms with van der Waals surface area (Å²) in [5.74, 6) is 0. The van der Waals surface area contributed by atoms with Crippen LogP contribution in [0.5, 0.6) is 0 Å². The first-order valence-corrected chi connectivity index (χ1v) is 2.72. The number of ether oxygens (including phenoxy) is 1. The minimum atomic E-state index is 0.488. The predicted molar refractivity (Wildman–Crippen MR) is 28.4 cm³/mol. The Kier molecular flexibility index (Phi) is 1.86. The highest BCUT2D eigenvalue weighted by molar-refractivity contribution is 5.36. The van der Waals surface area contributed by atoms with Crippen molar-refractivity contribution in [3.8, 4) is 0 Å². The highest BCUT2D eigenvalue weighted by Gasteiger charge is 2.18. The van der Waals surface area contributed by atoms with Crippen molar-refractivity contribution in [2.45, 2.75) is 12.5 Å². The second-order valence-electron chi connectivity index (χ2n) is 1.86. The monoisotopic (exact) mass is 115 g/mol. The van der Waals surface area contributed by atoms with E-state index in [1.165, 1.54) is 0 Å². The molecule has 0 aliphatic carbocycles. The summed E-state index contributed by atoms with van der Waals surface area (Å²) in [6.07, 6.45) is 0.957. The first-order chi connectivity index (χ1) is 3.93. The second kappa shape index (κ2) is 2.67. The van der Waals surface area contributed by atoms with Crippen LogP contribution in [-0.2, 0) is 9.53 Å². The van der Waals surface area contributed by atoms with E-state index >= 15 is 0 Å². The fourth-order valence-electron chi connectivity index (χ4n) is 0.546. The standard InChI is InChI=1S/C5H9NO2/c7-4-8-2-1-5-3-6-5/h4-6H,1-3H2. The van der Waals surface area contributed by atoms with Crippen molar-refractivity contribution in [3.63, 3.8) is 0 Å². The van der Waals surface area contributed by atoms with Gasteiger partial charge in [0, 0.05) is 12.6 Å². The highest BCUT2D eigenvalue weighted by atomic mass is 16.5.